The van der Waals surface area contributed by atoms with Gasteiger partial charge in [0.05, 0.1) is 9.52 Å². The van der Waals surface area contributed by atoms with Crippen molar-refractivity contribution in [3.63, 3.8) is 0 Å². The van der Waals surface area contributed by atoms with Gasteiger partial charge in [0.25, 0.3) is 0 Å². The summed E-state index contributed by atoms with van der Waals surface area (Å²) in [6, 6.07) is 3.76. The first-order valence-electron chi connectivity index (χ1n) is 7.19. The van der Waals surface area contributed by atoms with Gasteiger partial charge in [-0.05, 0) is 43.7 Å². The molecule has 0 bridgehead atoms. The lowest BCUT2D eigenvalue weighted by Crippen LogP contribution is -2.25. The van der Waals surface area contributed by atoms with E-state index in [-0.39, 0.29) is 0 Å². The van der Waals surface area contributed by atoms with Gasteiger partial charge in [0.15, 0.2) is 11.6 Å². The van der Waals surface area contributed by atoms with Gasteiger partial charge in [0.1, 0.15) is 0 Å². The zero-order valence-electron chi connectivity index (χ0n) is 11.5. The number of ether oxygens (including phenoxy) is 1. The summed E-state index contributed by atoms with van der Waals surface area (Å²) in [7, 11) is 0.812. The van der Waals surface area contributed by atoms with Crippen LogP contribution < -0.4 is 0 Å². The van der Waals surface area contributed by atoms with E-state index in [0.717, 1.165) is 41.4 Å². The normalized spacial score (nSPS) is 19.2. The fourth-order valence-electron chi connectivity index (χ4n) is 2.38. The molecule has 1 heterocycles. The molecule has 110 valence electrons. The third-order valence-corrected chi connectivity index (χ3v) is 5.12. The van der Waals surface area contributed by atoms with Crippen LogP contribution in [0.5, 0.6) is 5.75 Å². The monoisotopic (exact) mass is 298 g/mol. The van der Waals surface area contributed by atoms with Crippen LogP contribution in [-0.2, 0) is 11.2 Å². The molecule has 2 nitrogen and oxygen atoms in total. The van der Waals surface area contributed by atoms with Gasteiger partial charge >= 0.3 is 0 Å². The second-order valence-electron chi connectivity index (χ2n) is 5.14. The summed E-state index contributed by atoms with van der Waals surface area (Å²) < 4.78 is 32.3. The molecule has 0 aliphatic carbocycles. The summed E-state index contributed by atoms with van der Waals surface area (Å²) >= 11 is 0. The number of unbranched alkanes of at least 4 members (excludes halogenated alkanes) is 1. The Kier molecular flexibility index (Phi) is 5.98. The molecule has 0 spiro atoms. The molecule has 1 unspecified atom stereocenters. The summed E-state index contributed by atoms with van der Waals surface area (Å²) in [4.78, 5) is 0. The highest BCUT2D eigenvalue weighted by Gasteiger charge is 2.14. The number of phenols is 1. The Labute approximate surface area is 121 Å². The van der Waals surface area contributed by atoms with Gasteiger partial charge in [-0.1, -0.05) is 18.5 Å². The van der Waals surface area contributed by atoms with Crippen LogP contribution in [0, 0.1) is 11.6 Å². The summed E-state index contributed by atoms with van der Waals surface area (Å²) in [5.74, 6) is -2.68. The van der Waals surface area contributed by atoms with Gasteiger partial charge in [-0.3, -0.25) is 0 Å². The number of rotatable bonds is 6. The van der Waals surface area contributed by atoms with Crippen LogP contribution in [-0.4, -0.2) is 27.0 Å². The van der Waals surface area contributed by atoms with Gasteiger partial charge in [-0.2, -0.15) is 4.39 Å². The molecule has 1 fully saturated rings. The lowest BCUT2D eigenvalue weighted by Gasteiger charge is -2.21. The molecule has 0 saturated carbocycles. The van der Waals surface area contributed by atoms with E-state index in [0.29, 0.717) is 17.7 Å². The summed E-state index contributed by atoms with van der Waals surface area (Å²) in [6.07, 6.45) is 5.94. The molecule has 1 N–H and O–H groups in total. The first-order chi connectivity index (χ1) is 9.68. The molecule has 1 aromatic carbocycles. The van der Waals surface area contributed by atoms with Crippen molar-refractivity contribution in [1.82, 2.24) is 0 Å². The van der Waals surface area contributed by atoms with Crippen molar-refractivity contribution in [2.24, 2.45) is 0 Å². The molecule has 2 rings (SSSR count). The maximum Gasteiger partial charge on any atom is 0.200 e. The first kappa shape index (κ1) is 15.4. The molecule has 5 heteroatoms. The molecule has 0 aromatic heterocycles. The van der Waals surface area contributed by atoms with E-state index >= 15 is 0 Å². The molecular weight excluding hydrogens is 278 g/mol. The molecule has 20 heavy (non-hydrogen) atoms. The number of aromatic hydroxyl groups is 1. The summed E-state index contributed by atoms with van der Waals surface area (Å²) in [5.41, 5.74) is 0.768. The highest BCUT2D eigenvalue weighted by atomic mass is 28.2. The minimum absolute atomic E-state index is 0.345. The van der Waals surface area contributed by atoms with Crippen LogP contribution in [0.15, 0.2) is 12.1 Å². The third-order valence-electron chi connectivity index (χ3n) is 3.57. The van der Waals surface area contributed by atoms with E-state index in [9.17, 15) is 8.78 Å². The van der Waals surface area contributed by atoms with Crippen LogP contribution >= 0.6 is 0 Å². The number of aryl methyl sites for hydroxylation is 1. The Morgan fingerprint density at radius 2 is 2.05 bits per heavy atom. The Bertz CT molecular complexity index is 434. The number of halogens is 2. The maximum absolute atomic E-state index is 13.5. The standard InChI is InChI=1S/C15H20F2O2Si/c16-14-11(7-8-12(18)15(14)17)5-2-4-10-20-13-6-1-3-9-19-13/h7-8,13,18H,1-6,9-10H2. The SMILES string of the molecule is Oc1ccc(CCCC[Si]C2CCCCO2)c(F)c1F. The van der Waals surface area contributed by atoms with E-state index in [1.54, 1.807) is 0 Å². The van der Waals surface area contributed by atoms with E-state index in [1.165, 1.54) is 25.0 Å². The molecule has 1 atom stereocenters. The molecule has 1 saturated heterocycles. The molecule has 1 aliphatic rings. The van der Waals surface area contributed by atoms with Crippen molar-refractivity contribution in [2.45, 2.75) is 50.3 Å². The Morgan fingerprint density at radius 3 is 2.80 bits per heavy atom. The predicted molar refractivity (Wildman–Crippen MR) is 75.1 cm³/mol. The zero-order valence-corrected chi connectivity index (χ0v) is 12.5. The summed E-state index contributed by atoms with van der Waals surface area (Å²) in [5, 5.41) is 9.05. The molecular formula is C15H20F2O2Si. The van der Waals surface area contributed by atoms with Crippen LogP contribution in [0.2, 0.25) is 6.04 Å². The van der Waals surface area contributed by atoms with Crippen molar-refractivity contribution in [3.05, 3.63) is 29.3 Å². The minimum atomic E-state index is -1.14. The van der Waals surface area contributed by atoms with Gasteiger partial charge in [0.2, 0.25) is 5.82 Å². The molecule has 0 amide bonds. The fraction of sp³-hybridized carbons (Fsp3) is 0.600. The van der Waals surface area contributed by atoms with Crippen molar-refractivity contribution < 1.29 is 18.6 Å². The van der Waals surface area contributed by atoms with E-state index < -0.39 is 17.4 Å². The number of benzene rings is 1. The van der Waals surface area contributed by atoms with Crippen molar-refractivity contribution in [1.29, 1.82) is 0 Å². The van der Waals surface area contributed by atoms with E-state index in [4.69, 9.17) is 9.84 Å². The molecule has 2 radical (unpaired) electrons. The third kappa shape index (κ3) is 4.28. The van der Waals surface area contributed by atoms with Gasteiger partial charge in [0, 0.05) is 12.3 Å². The Balaban J connectivity index is 1.67. The van der Waals surface area contributed by atoms with Crippen LogP contribution in [0.3, 0.4) is 0 Å². The van der Waals surface area contributed by atoms with Crippen LogP contribution in [0.1, 0.15) is 37.7 Å². The largest absolute Gasteiger partial charge is 0.505 e. The Hall–Kier alpha value is -0.943. The average Bonchev–Trinajstić information content (AvgIpc) is 2.48. The van der Waals surface area contributed by atoms with E-state index in [1.807, 2.05) is 0 Å². The highest BCUT2D eigenvalue weighted by Crippen LogP contribution is 2.22. The topological polar surface area (TPSA) is 29.5 Å². The van der Waals surface area contributed by atoms with E-state index in [2.05, 4.69) is 0 Å². The minimum Gasteiger partial charge on any atom is -0.505 e. The second kappa shape index (κ2) is 7.74. The average molecular weight is 298 g/mol. The molecule has 1 aliphatic heterocycles. The molecule has 1 aromatic rings. The second-order valence-corrected chi connectivity index (χ2v) is 6.69. The van der Waals surface area contributed by atoms with Crippen LogP contribution in [0.4, 0.5) is 8.78 Å². The quantitative estimate of drug-likeness (QED) is 0.642. The van der Waals surface area contributed by atoms with Gasteiger partial charge in [-0.25, -0.2) is 4.39 Å². The van der Waals surface area contributed by atoms with Crippen LogP contribution in [0.25, 0.3) is 0 Å². The number of hydrogen-bond donors (Lipinski definition) is 1. The fourth-order valence-corrected chi connectivity index (χ4v) is 3.80. The first-order valence-corrected chi connectivity index (χ1v) is 8.48. The number of hydrogen-bond acceptors (Lipinski definition) is 2. The maximum atomic E-state index is 13.5. The lowest BCUT2D eigenvalue weighted by atomic mass is 10.1. The van der Waals surface area contributed by atoms with Gasteiger partial charge < -0.3 is 9.84 Å². The van der Waals surface area contributed by atoms with Crippen molar-refractivity contribution in [2.75, 3.05) is 6.61 Å². The van der Waals surface area contributed by atoms with Crippen molar-refractivity contribution in [3.8, 4) is 5.75 Å². The highest BCUT2D eigenvalue weighted by molar-refractivity contribution is 6.37. The Morgan fingerprint density at radius 1 is 1.20 bits per heavy atom. The zero-order chi connectivity index (χ0) is 14.4. The van der Waals surface area contributed by atoms with Crippen molar-refractivity contribution >= 4 is 9.52 Å². The smallest absolute Gasteiger partial charge is 0.200 e. The summed E-state index contributed by atoms with van der Waals surface area (Å²) in [6.45, 7) is 0.885. The number of phenolic OH excluding ortho intramolecular Hbond substituents is 1. The van der Waals surface area contributed by atoms with Gasteiger partial charge in [-0.15, -0.1) is 0 Å². The lowest BCUT2D eigenvalue weighted by molar-refractivity contribution is 0.0649. The predicted octanol–water partition coefficient (Wildman–Crippen LogP) is 3.64.